The lowest BCUT2D eigenvalue weighted by Gasteiger charge is -2.13. The Labute approximate surface area is 61.5 Å². The minimum atomic E-state index is -0.444. The molecule has 0 radical (unpaired) electrons. The summed E-state index contributed by atoms with van der Waals surface area (Å²) in [5, 5.41) is 0. The molecule has 3 heteroatoms. The van der Waals surface area contributed by atoms with Crippen LogP contribution in [0.4, 0.5) is 0 Å². The zero-order valence-electron chi connectivity index (χ0n) is 6.72. The van der Waals surface area contributed by atoms with Gasteiger partial charge in [0, 0.05) is 7.11 Å². The second-order valence-corrected chi connectivity index (χ2v) is 1.92. The van der Waals surface area contributed by atoms with Crippen molar-refractivity contribution in [2.45, 2.75) is 20.1 Å². The number of ether oxygens (including phenoxy) is 1. The smallest absolute Gasteiger partial charge is 0.212 e. The number of hydrogen-bond acceptors (Lipinski definition) is 3. The van der Waals surface area contributed by atoms with Gasteiger partial charge >= 0.3 is 0 Å². The summed E-state index contributed by atoms with van der Waals surface area (Å²) in [7, 11) is 1.54. The molecule has 0 N–H and O–H groups in total. The molecule has 0 saturated carbocycles. The highest BCUT2D eigenvalue weighted by Gasteiger charge is 2.07. The zero-order valence-corrected chi connectivity index (χ0v) is 6.72. The molecule has 0 aliphatic heterocycles. The summed E-state index contributed by atoms with van der Waals surface area (Å²) in [5.74, 6) is 0. The van der Waals surface area contributed by atoms with E-state index in [0.29, 0.717) is 6.61 Å². The van der Waals surface area contributed by atoms with Crippen LogP contribution in [0, 0.1) is 0 Å². The number of hydrogen-bond donors (Lipinski definition) is 0. The predicted molar refractivity (Wildman–Crippen MR) is 38.3 cm³/mol. The van der Waals surface area contributed by atoms with Crippen molar-refractivity contribution < 1.29 is 14.5 Å². The second-order valence-electron chi connectivity index (χ2n) is 1.92. The molecular weight excluding hydrogens is 132 g/mol. The Morgan fingerprint density at radius 2 is 2.20 bits per heavy atom. The van der Waals surface area contributed by atoms with E-state index in [-0.39, 0.29) is 0 Å². The van der Waals surface area contributed by atoms with Gasteiger partial charge in [-0.25, -0.2) is 4.89 Å². The molecule has 0 aromatic carbocycles. The summed E-state index contributed by atoms with van der Waals surface area (Å²) >= 11 is 0. The third-order valence-electron chi connectivity index (χ3n) is 0.890. The Balaban J connectivity index is 3.50. The van der Waals surface area contributed by atoms with Crippen molar-refractivity contribution in [3.05, 3.63) is 12.2 Å². The number of methoxy groups -OCH3 is 1. The van der Waals surface area contributed by atoms with E-state index in [1.54, 1.807) is 7.11 Å². The predicted octanol–water partition coefficient (Wildman–Crippen LogP) is 1.50. The van der Waals surface area contributed by atoms with Gasteiger partial charge in [0.05, 0.1) is 6.61 Å². The molecule has 0 aliphatic carbocycles. The maximum Gasteiger partial charge on any atom is 0.212 e. The summed E-state index contributed by atoms with van der Waals surface area (Å²) < 4.78 is 4.87. The van der Waals surface area contributed by atoms with Crippen molar-refractivity contribution in [3.63, 3.8) is 0 Å². The first-order chi connectivity index (χ1) is 4.72. The minimum absolute atomic E-state index is 0.444. The Bertz CT molecular complexity index is 101. The largest absolute Gasteiger partial charge is 0.350 e. The van der Waals surface area contributed by atoms with Crippen LogP contribution >= 0.6 is 0 Å². The van der Waals surface area contributed by atoms with Crippen LogP contribution in [0.5, 0.6) is 0 Å². The van der Waals surface area contributed by atoms with Gasteiger partial charge in [-0.2, -0.15) is 4.89 Å². The van der Waals surface area contributed by atoms with Gasteiger partial charge in [-0.1, -0.05) is 6.58 Å². The lowest BCUT2D eigenvalue weighted by molar-refractivity contribution is -0.360. The summed E-state index contributed by atoms with van der Waals surface area (Å²) in [4.78, 5) is 9.44. The molecule has 0 fully saturated rings. The first-order valence-electron chi connectivity index (χ1n) is 3.18. The molecule has 0 aliphatic rings. The van der Waals surface area contributed by atoms with Crippen molar-refractivity contribution in [1.29, 1.82) is 0 Å². The molecule has 0 rings (SSSR count). The van der Waals surface area contributed by atoms with Gasteiger partial charge in [0.2, 0.25) is 6.29 Å². The molecule has 0 saturated heterocycles. The van der Waals surface area contributed by atoms with Gasteiger partial charge in [-0.3, -0.25) is 0 Å². The molecule has 0 aromatic heterocycles. The van der Waals surface area contributed by atoms with Crippen LogP contribution < -0.4 is 0 Å². The van der Waals surface area contributed by atoms with Crippen LogP contribution in [0.2, 0.25) is 0 Å². The molecule has 0 spiro atoms. The van der Waals surface area contributed by atoms with Crippen LogP contribution in [0.15, 0.2) is 12.2 Å². The van der Waals surface area contributed by atoms with Crippen molar-refractivity contribution in [2.24, 2.45) is 0 Å². The van der Waals surface area contributed by atoms with Crippen molar-refractivity contribution in [2.75, 3.05) is 13.7 Å². The van der Waals surface area contributed by atoms with Crippen molar-refractivity contribution in [1.82, 2.24) is 0 Å². The first kappa shape index (κ1) is 9.62. The lowest BCUT2D eigenvalue weighted by atomic mass is 10.3. The molecular formula is C7H14O3. The number of rotatable bonds is 5. The van der Waals surface area contributed by atoms with E-state index in [1.807, 2.05) is 13.8 Å². The molecule has 0 aromatic rings. The van der Waals surface area contributed by atoms with Crippen LogP contribution in [-0.2, 0) is 14.5 Å². The monoisotopic (exact) mass is 146 g/mol. The second kappa shape index (κ2) is 5.41. The van der Waals surface area contributed by atoms with Crippen molar-refractivity contribution >= 4 is 0 Å². The summed E-state index contributed by atoms with van der Waals surface area (Å²) in [5.41, 5.74) is 0.788. The highest BCUT2D eigenvalue weighted by Crippen LogP contribution is 2.03. The van der Waals surface area contributed by atoms with Gasteiger partial charge < -0.3 is 4.74 Å². The molecule has 60 valence electrons. The van der Waals surface area contributed by atoms with E-state index in [1.165, 1.54) is 0 Å². The average molecular weight is 146 g/mol. The third kappa shape index (κ3) is 3.61. The molecule has 3 nitrogen and oxygen atoms in total. The Morgan fingerprint density at radius 3 is 2.50 bits per heavy atom. The molecule has 1 unspecified atom stereocenters. The Kier molecular flexibility index (Phi) is 5.20. The van der Waals surface area contributed by atoms with E-state index in [2.05, 4.69) is 11.5 Å². The highest BCUT2D eigenvalue weighted by molar-refractivity contribution is 4.91. The molecule has 1 atom stereocenters. The minimum Gasteiger partial charge on any atom is -0.350 e. The van der Waals surface area contributed by atoms with E-state index >= 15 is 0 Å². The highest BCUT2D eigenvalue weighted by atomic mass is 17.2. The van der Waals surface area contributed by atoms with Gasteiger partial charge in [-0.05, 0) is 19.4 Å². The summed E-state index contributed by atoms with van der Waals surface area (Å²) in [6, 6.07) is 0. The quantitative estimate of drug-likeness (QED) is 0.254. The van der Waals surface area contributed by atoms with Crippen LogP contribution in [0.3, 0.4) is 0 Å². The van der Waals surface area contributed by atoms with Gasteiger partial charge in [0.15, 0.2) is 0 Å². The maximum absolute atomic E-state index is 4.87. The third-order valence-corrected chi connectivity index (χ3v) is 0.890. The standard InChI is InChI=1S/C7H14O3/c1-5-9-10-7(8-4)6(2)3/h7H,2,5H2,1,3-4H3. The fraction of sp³-hybridized carbons (Fsp3) is 0.714. The fourth-order valence-corrected chi connectivity index (χ4v) is 0.452. The molecule has 0 bridgehead atoms. The van der Waals surface area contributed by atoms with Gasteiger partial charge in [0.1, 0.15) is 0 Å². The maximum atomic E-state index is 4.87. The van der Waals surface area contributed by atoms with E-state index in [4.69, 9.17) is 9.62 Å². The summed E-state index contributed by atoms with van der Waals surface area (Å²) in [6.07, 6.45) is -0.444. The molecule has 0 heterocycles. The fourth-order valence-electron chi connectivity index (χ4n) is 0.452. The lowest BCUT2D eigenvalue weighted by Crippen LogP contribution is -2.16. The van der Waals surface area contributed by atoms with Crippen LogP contribution in [0.1, 0.15) is 13.8 Å². The average Bonchev–Trinajstić information content (AvgIpc) is 1.89. The van der Waals surface area contributed by atoms with E-state index in [9.17, 15) is 0 Å². The van der Waals surface area contributed by atoms with E-state index in [0.717, 1.165) is 5.57 Å². The SMILES string of the molecule is C=C(C)C(OC)OOCC. The van der Waals surface area contributed by atoms with E-state index < -0.39 is 6.29 Å². The molecule has 10 heavy (non-hydrogen) atoms. The normalized spacial score (nSPS) is 13.1. The van der Waals surface area contributed by atoms with Crippen LogP contribution in [-0.4, -0.2) is 20.0 Å². The summed E-state index contributed by atoms with van der Waals surface area (Å²) in [6.45, 7) is 7.81. The van der Waals surface area contributed by atoms with Crippen molar-refractivity contribution in [3.8, 4) is 0 Å². The van der Waals surface area contributed by atoms with Crippen LogP contribution in [0.25, 0.3) is 0 Å². The Hall–Kier alpha value is -0.380. The van der Waals surface area contributed by atoms with Gasteiger partial charge in [-0.15, -0.1) is 0 Å². The topological polar surface area (TPSA) is 27.7 Å². The first-order valence-corrected chi connectivity index (χ1v) is 3.18. The van der Waals surface area contributed by atoms with Gasteiger partial charge in [0.25, 0.3) is 0 Å². The Morgan fingerprint density at radius 1 is 1.60 bits per heavy atom. The zero-order chi connectivity index (χ0) is 7.98. The molecule has 0 amide bonds.